The van der Waals surface area contributed by atoms with Gasteiger partial charge in [0, 0.05) is 17.7 Å². The largest absolute Gasteiger partial charge is 0.490 e. The Labute approximate surface area is 99.2 Å². The van der Waals surface area contributed by atoms with Gasteiger partial charge in [-0.25, -0.2) is 8.42 Å². The lowest BCUT2D eigenvalue weighted by Gasteiger charge is -2.28. The molecule has 1 aliphatic rings. The highest BCUT2D eigenvalue weighted by Gasteiger charge is 2.16. The van der Waals surface area contributed by atoms with Crippen LogP contribution in [0.2, 0.25) is 0 Å². The molecule has 16 heavy (non-hydrogen) atoms. The van der Waals surface area contributed by atoms with Gasteiger partial charge in [0.2, 0.25) is 9.05 Å². The zero-order valence-corrected chi connectivity index (χ0v) is 10.4. The van der Waals surface area contributed by atoms with Crippen molar-refractivity contribution in [3.05, 3.63) is 23.8 Å². The summed E-state index contributed by atoms with van der Waals surface area (Å²) in [6.07, 6.45) is 0. The molecule has 0 fully saturated rings. The highest BCUT2D eigenvalue weighted by molar-refractivity contribution is 8.13. The van der Waals surface area contributed by atoms with Gasteiger partial charge in [-0.05, 0) is 17.7 Å². The van der Waals surface area contributed by atoms with E-state index in [0.717, 1.165) is 18.0 Å². The van der Waals surface area contributed by atoms with Crippen molar-refractivity contribution in [1.29, 1.82) is 0 Å². The molecule has 1 aliphatic heterocycles. The Kier molecular flexibility index (Phi) is 2.99. The van der Waals surface area contributed by atoms with Crippen LogP contribution in [0, 0.1) is 0 Å². The number of nitrogens with zero attached hydrogens (tertiary/aromatic N) is 1. The molecule has 0 saturated carbocycles. The summed E-state index contributed by atoms with van der Waals surface area (Å²) >= 11 is 0. The van der Waals surface area contributed by atoms with Crippen LogP contribution in [0.1, 0.15) is 5.56 Å². The Morgan fingerprint density at radius 3 is 2.94 bits per heavy atom. The van der Waals surface area contributed by atoms with Crippen molar-refractivity contribution in [2.45, 2.75) is 5.75 Å². The molecule has 0 unspecified atom stereocenters. The summed E-state index contributed by atoms with van der Waals surface area (Å²) in [5.41, 5.74) is 1.58. The van der Waals surface area contributed by atoms with Gasteiger partial charge in [-0.3, -0.25) is 0 Å². The molecule has 4 nitrogen and oxygen atoms in total. The smallest absolute Gasteiger partial charge is 0.236 e. The molecule has 6 heteroatoms. The van der Waals surface area contributed by atoms with E-state index in [2.05, 4.69) is 0 Å². The Morgan fingerprint density at radius 2 is 2.25 bits per heavy atom. The van der Waals surface area contributed by atoms with Crippen molar-refractivity contribution < 1.29 is 13.2 Å². The van der Waals surface area contributed by atoms with Gasteiger partial charge in [0.15, 0.2) is 0 Å². The van der Waals surface area contributed by atoms with E-state index in [0.29, 0.717) is 12.2 Å². The molecule has 1 heterocycles. The number of likely N-dealkylation sites (N-methyl/N-ethyl adjacent to an activating group) is 1. The van der Waals surface area contributed by atoms with Crippen molar-refractivity contribution >= 4 is 25.4 Å². The van der Waals surface area contributed by atoms with Gasteiger partial charge in [0.25, 0.3) is 0 Å². The molecule has 0 radical (unpaired) electrons. The quantitative estimate of drug-likeness (QED) is 0.759. The first-order valence-electron chi connectivity index (χ1n) is 4.85. The number of benzene rings is 1. The van der Waals surface area contributed by atoms with Gasteiger partial charge < -0.3 is 9.64 Å². The van der Waals surface area contributed by atoms with Crippen molar-refractivity contribution in [2.24, 2.45) is 0 Å². The number of halogens is 1. The van der Waals surface area contributed by atoms with Gasteiger partial charge in [-0.2, -0.15) is 0 Å². The molecular formula is C10H12ClNO3S. The summed E-state index contributed by atoms with van der Waals surface area (Å²) in [6.45, 7) is 1.45. The zero-order chi connectivity index (χ0) is 11.8. The SMILES string of the molecule is CN1CCOc2ccc(CS(=O)(=O)Cl)cc21. The third kappa shape index (κ3) is 2.59. The van der Waals surface area contributed by atoms with Gasteiger partial charge >= 0.3 is 0 Å². The van der Waals surface area contributed by atoms with Crippen LogP contribution in [0.15, 0.2) is 18.2 Å². The van der Waals surface area contributed by atoms with Crippen molar-refractivity contribution in [3.63, 3.8) is 0 Å². The number of ether oxygens (including phenoxy) is 1. The summed E-state index contributed by atoms with van der Waals surface area (Å²) in [5.74, 6) is 0.625. The summed E-state index contributed by atoms with van der Waals surface area (Å²) in [4.78, 5) is 2.03. The number of hydrogen-bond acceptors (Lipinski definition) is 4. The average Bonchev–Trinajstić information content (AvgIpc) is 2.17. The molecule has 0 atom stereocenters. The number of fused-ring (bicyclic) bond motifs is 1. The Balaban J connectivity index is 2.34. The first-order chi connectivity index (χ1) is 7.46. The fourth-order valence-electron chi connectivity index (χ4n) is 1.69. The van der Waals surface area contributed by atoms with Gasteiger partial charge in [0.1, 0.15) is 12.4 Å². The van der Waals surface area contributed by atoms with Crippen LogP contribution >= 0.6 is 10.7 Å². The van der Waals surface area contributed by atoms with E-state index in [-0.39, 0.29) is 5.75 Å². The highest BCUT2D eigenvalue weighted by Crippen LogP contribution is 2.32. The van der Waals surface area contributed by atoms with E-state index in [1.807, 2.05) is 11.9 Å². The molecule has 0 bridgehead atoms. The Bertz CT molecular complexity index is 501. The van der Waals surface area contributed by atoms with Crippen LogP contribution in [0.3, 0.4) is 0 Å². The molecule has 0 aromatic heterocycles. The number of hydrogen-bond donors (Lipinski definition) is 0. The fourth-order valence-corrected chi connectivity index (χ4v) is 2.64. The normalized spacial score (nSPS) is 15.5. The van der Waals surface area contributed by atoms with Crippen LogP contribution in [0.4, 0.5) is 5.69 Å². The number of anilines is 1. The van der Waals surface area contributed by atoms with E-state index >= 15 is 0 Å². The van der Waals surface area contributed by atoms with Crippen molar-refractivity contribution in [3.8, 4) is 5.75 Å². The van der Waals surface area contributed by atoms with Crippen LogP contribution in [-0.2, 0) is 14.8 Å². The van der Waals surface area contributed by atoms with E-state index in [9.17, 15) is 8.42 Å². The summed E-state index contributed by atoms with van der Waals surface area (Å²) in [5, 5.41) is 0. The molecule has 88 valence electrons. The fraction of sp³-hybridized carbons (Fsp3) is 0.400. The summed E-state index contributed by atoms with van der Waals surface area (Å²) in [6, 6.07) is 5.30. The summed E-state index contributed by atoms with van der Waals surface area (Å²) < 4.78 is 27.4. The minimum atomic E-state index is -3.51. The second-order valence-corrected chi connectivity index (χ2v) is 6.53. The first kappa shape index (κ1) is 11.5. The lowest BCUT2D eigenvalue weighted by atomic mass is 10.2. The molecule has 1 aromatic rings. The van der Waals surface area contributed by atoms with Gasteiger partial charge in [-0.1, -0.05) is 6.07 Å². The predicted octanol–water partition coefficient (Wildman–Crippen LogP) is 1.58. The van der Waals surface area contributed by atoms with Crippen molar-refractivity contribution in [1.82, 2.24) is 0 Å². The number of rotatable bonds is 2. The second kappa shape index (κ2) is 4.14. The minimum absolute atomic E-state index is 0.157. The molecule has 0 N–H and O–H groups in total. The van der Waals surface area contributed by atoms with Crippen LogP contribution in [0.5, 0.6) is 5.75 Å². The molecule has 0 amide bonds. The highest BCUT2D eigenvalue weighted by atomic mass is 35.7. The molecule has 2 rings (SSSR count). The Morgan fingerprint density at radius 1 is 1.50 bits per heavy atom. The van der Waals surface area contributed by atoms with Crippen LogP contribution in [-0.4, -0.2) is 28.6 Å². The zero-order valence-electron chi connectivity index (χ0n) is 8.81. The molecule has 1 aromatic carbocycles. The van der Waals surface area contributed by atoms with Crippen LogP contribution < -0.4 is 9.64 Å². The lowest BCUT2D eigenvalue weighted by Crippen LogP contribution is -2.28. The third-order valence-electron chi connectivity index (χ3n) is 2.46. The topological polar surface area (TPSA) is 46.6 Å². The van der Waals surface area contributed by atoms with Crippen molar-refractivity contribution in [2.75, 3.05) is 25.1 Å². The lowest BCUT2D eigenvalue weighted by molar-refractivity contribution is 0.311. The monoisotopic (exact) mass is 261 g/mol. The average molecular weight is 262 g/mol. The maximum atomic E-state index is 11.0. The molecule has 0 spiro atoms. The maximum Gasteiger partial charge on any atom is 0.236 e. The second-order valence-electron chi connectivity index (χ2n) is 3.76. The van der Waals surface area contributed by atoms with E-state index in [1.165, 1.54) is 0 Å². The third-order valence-corrected chi connectivity index (χ3v) is 3.46. The molecule has 0 aliphatic carbocycles. The standard InChI is InChI=1S/C10H12ClNO3S/c1-12-4-5-15-10-3-2-8(6-9(10)12)7-16(11,13)14/h2-3,6H,4-5,7H2,1H3. The minimum Gasteiger partial charge on any atom is -0.490 e. The predicted molar refractivity (Wildman–Crippen MR) is 63.7 cm³/mol. The van der Waals surface area contributed by atoms with Gasteiger partial charge in [0.05, 0.1) is 18.0 Å². The molecular weight excluding hydrogens is 250 g/mol. The van der Waals surface area contributed by atoms with E-state index in [1.54, 1.807) is 18.2 Å². The maximum absolute atomic E-state index is 11.0. The van der Waals surface area contributed by atoms with Crippen LogP contribution in [0.25, 0.3) is 0 Å². The Hall–Kier alpha value is -0.940. The molecule has 0 saturated heterocycles. The first-order valence-corrected chi connectivity index (χ1v) is 7.33. The van der Waals surface area contributed by atoms with E-state index < -0.39 is 9.05 Å². The van der Waals surface area contributed by atoms with Gasteiger partial charge in [-0.15, -0.1) is 0 Å². The van der Waals surface area contributed by atoms with E-state index in [4.69, 9.17) is 15.4 Å². The summed E-state index contributed by atoms with van der Waals surface area (Å²) in [7, 11) is 3.65.